The monoisotopic (exact) mass is 203 g/mol. The average molecular weight is 203 g/mol. The van der Waals surface area contributed by atoms with Crippen LogP contribution < -0.4 is 0 Å². The smallest absolute Gasteiger partial charge is 0.0584 e. The largest absolute Gasteiger partial charge is 0.395 e. The maximum atomic E-state index is 9.12. The maximum absolute atomic E-state index is 9.12. The van der Waals surface area contributed by atoms with Crippen LogP contribution in [0.1, 0.15) is 34.6 Å². The Kier molecular flexibility index (Phi) is 5.64. The zero-order valence-electron chi connectivity index (χ0n) is 10.1. The lowest BCUT2D eigenvalue weighted by molar-refractivity contribution is 0.0421. The molecular formula is C11H25NO2. The molecular weight excluding hydrogens is 178 g/mol. The van der Waals surface area contributed by atoms with Gasteiger partial charge < -0.3 is 10.2 Å². The summed E-state index contributed by atoms with van der Waals surface area (Å²) < 4.78 is 0. The van der Waals surface area contributed by atoms with Gasteiger partial charge >= 0.3 is 0 Å². The molecule has 2 atom stereocenters. The SMILES string of the molecule is CC(CO)N(CC(C)(C)C)C(C)CO. The summed E-state index contributed by atoms with van der Waals surface area (Å²) in [6.07, 6.45) is 0. The normalized spacial score (nSPS) is 17.1. The lowest BCUT2D eigenvalue weighted by Gasteiger charge is -2.37. The minimum absolute atomic E-state index is 0.108. The van der Waals surface area contributed by atoms with Crippen LogP contribution >= 0.6 is 0 Å². The van der Waals surface area contributed by atoms with E-state index in [0.29, 0.717) is 0 Å². The molecule has 0 rings (SSSR count). The molecule has 14 heavy (non-hydrogen) atoms. The standard InChI is InChI=1S/C11H25NO2/c1-9(6-13)12(10(2)7-14)8-11(3,4)5/h9-10,13-14H,6-8H2,1-5H3. The van der Waals surface area contributed by atoms with Crippen LogP contribution in [0.25, 0.3) is 0 Å². The Morgan fingerprint density at radius 3 is 1.57 bits per heavy atom. The van der Waals surface area contributed by atoms with Crippen molar-refractivity contribution in [1.82, 2.24) is 4.90 Å². The Balaban J connectivity index is 4.40. The summed E-state index contributed by atoms with van der Waals surface area (Å²) in [5.74, 6) is 0. The minimum Gasteiger partial charge on any atom is -0.395 e. The first-order valence-electron chi connectivity index (χ1n) is 5.29. The van der Waals surface area contributed by atoms with Crippen molar-refractivity contribution in [3.05, 3.63) is 0 Å². The van der Waals surface area contributed by atoms with Gasteiger partial charge in [0.2, 0.25) is 0 Å². The summed E-state index contributed by atoms with van der Waals surface area (Å²) in [6, 6.07) is 0.216. The third-order valence-electron chi connectivity index (χ3n) is 2.32. The van der Waals surface area contributed by atoms with Gasteiger partial charge in [0.15, 0.2) is 0 Å². The number of aliphatic hydroxyl groups excluding tert-OH is 2. The van der Waals surface area contributed by atoms with Crippen molar-refractivity contribution in [2.24, 2.45) is 5.41 Å². The molecule has 86 valence electrons. The fraction of sp³-hybridized carbons (Fsp3) is 1.00. The Morgan fingerprint density at radius 1 is 1.00 bits per heavy atom. The fourth-order valence-corrected chi connectivity index (χ4v) is 1.50. The first-order chi connectivity index (χ1) is 6.31. The summed E-state index contributed by atoms with van der Waals surface area (Å²) in [5.41, 5.74) is 0.187. The quantitative estimate of drug-likeness (QED) is 0.703. The van der Waals surface area contributed by atoms with Crippen molar-refractivity contribution in [1.29, 1.82) is 0 Å². The van der Waals surface area contributed by atoms with Crippen LogP contribution in [0, 0.1) is 5.41 Å². The van der Waals surface area contributed by atoms with Crippen LogP contribution in [0.3, 0.4) is 0 Å². The Hall–Kier alpha value is -0.120. The minimum atomic E-state index is 0.108. The Morgan fingerprint density at radius 2 is 1.36 bits per heavy atom. The van der Waals surface area contributed by atoms with Crippen LogP contribution in [-0.2, 0) is 0 Å². The van der Waals surface area contributed by atoms with Crippen LogP contribution in [-0.4, -0.2) is 47.0 Å². The lowest BCUT2D eigenvalue weighted by Crippen LogP contribution is -2.47. The fourth-order valence-electron chi connectivity index (χ4n) is 1.50. The van der Waals surface area contributed by atoms with Crippen molar-refractivity contribution in [2.45, 2.75) is 46.7 Å². The van der Waals surface area contributed by atoms with Crippen molar-refractivity contribution in [3.8, 4) is 0 Å². The van der Waals surface area contributed by atoms with E-state index >= 15 is 0 Å². The molecule has 0 heterocycles. The highest BCUT2D eigenvalue weighted by molar-refractivity contribution is 4.77. The van der Waals surface area contributed by atoms with E-state index in [1.165, 1.54) is 0 Å². The van der Waals surface area contributed by atoms with E-state index in [9.17, 15) is 0 Å². The molecule has 0 amide bonds. The van der Waals surface area contributed by atoms with Gasteiger partial charge in [0.1, 0.15) is 0 Å². The molecule has 0 aliphatic heterocycles. The second-order valence-corrected chi connectivity index (χ2v) is 5.30. The van der Waals surface area contributed by atoms with Gasteiger partial charge in [0.05, 0.1) is 13.2 Å². The molecule has 0 spiro atoms. The first kappa shape index (κ1) is 13.9. The van der Waals surface area contributed by atoms with Gasteiger partial charge in [0.25, 0.3) is 0 Å². The van der Waals surface area contributed by atoms with Crippen molar-refractivity contribution >= 4 is 0 Å². The van der Waals surface area contributed by atoms with Gasteiger partial charge in [-0.3, -0.25) is 4.90 Å². The van der Waals surface area contributed by atoms with Crippen molar-refractivity contribution < 1.29 is 10.2 Å². The zero-order chi connectivity index (χ0) is 11.4. The maximum Gasteiger partial charge on any atom is 0.0584 e. The summed E-state index contributed by atoms with van der Waals surface area (Å²) in [7, 11) is 0. The molecule has 0 aromatic heterocycles. The molecule has 0 saturated carbocycles. The molecule has 0 aliphatic rings. The molecule has 0 aromatic rings. The molecule has 3 heteroatoms. The number of aliphatic hydroxyl groups is 2. The van der Waals surface area contributed by atoms with Gasteiger partial charge in [-0.1, -0.05) is 20.8 Å². The van der Waals surface area contributed by atoms with Gasteiger partial charge in [0, 0.05) is 18.6 Å². The highest BCUT2D eigenvalue weighted by Crippen LogP contribution is 2.18. The second-order valence-electron chi connectivity index (χ2n) is 5.30. The molecule has 0 fully saturated rings. The summed E-state index contributed by atoms with van der Waals surface area (Å²) in [5, 5.41) is 18.2. The molecule has 3 nitrogen and oxygen atoms in total. The van der Waals surface area contributed by atoms with Crippen LogP contribution in [0.5, 0.6) is 0 Å². The van der Waals surface area contributed by atoms with Gasteiger partial charge in [-0.2, -0.15) is 0 Å². The highest BCUT2D eigenvalue weighted by atomic mass is 16.3. The van der Waals surface area contributed by atoms with Crippen molar-refractivity contribution in [2.75, 3.05) is 19.8 Å². The van der Waals surface area contributed by atoms with Gasteiger partial charge in [-0.05, 0) is 19.3 Å². The molecule has 0 saturated heterocycles. The number of rotatable bonds is 5. The predicted molar refractivity (Wildman–Crippen MR) is 59.3 cm³/mol. The van der Waals surface area contributed by atoms with Gasteiger partial charge in [-0.15, -0.1) is 0 Å². The number of hydrogen-bond donors (Lipinski definition) is 2. The number of hydrogen-bond acceptors (Lipinski definition) is 3. The molecule has 0 aliphatic carbocycles. The highest BCUT2D eigenvalue weighted by Gasteiger charge is 2.24. The molecule has 0 radical (unpaired) electrons. The van der Waals surface area contributed by atoms with Crippen LogP contribution in [0.15, 0.2) is 0 Å². The van der Waals surface area contributed by atoms with E-state index in [0.717, 1.165) is 6.54 Å². The second kappa shape index (κ2) is 5.69. The zero-order valence-corrected chi connectivity index (χ0v) is 10.1. The first-order valence-corrected chi connectivity index (χ1v) is 5.29. The lowest BCUT2D eigenvalue weighted by atomic mass is 9.94. The molecule has 2 unspecified atom stereocenters. The predicted octanol–water partition coefficient (Wildman–Crippen LogP) is 1.10. The summed E-state index contributed by atoms with van der Waals surface area (Å²) >= 11 is 0. The molecule has 0 aromatic carbocycles. The Labute approximate surface area is 87.7 Å². The summed E-state index contributed by atoms with van der Waals surface area (Å²) in [6.45, 7) is 11.6. The third kappa shape index (κ3) is 4.94. The third-order valence-corrected chi connectivity index (χ3v) is 2.32. The number of nitrogens with zero attached hydrogens (tertiary/aromatic N) is 1. The summed E-state index contributed by atoms with van der Waals surface area (Å²) in [4.78, 5) is 2.15. The average Bonchev–Trinajstić information content (AvgIpc) is 2.10. The van der Waals surface area contributed by atoms with E-state index in [1.54, 1.807) is 0 Å². The molecule has 2 N–H and O–H groups in total. The van der Waals surface area contributed by atoms with E-state index in [1.807, 2.05) is 13.8 Å². The van der Waals surface area contributed by atoms with Crippen LogP contribution in [0.2, 0.25) is 0 Å². The van der Waals surface area contributed by atoms with Crippen molar-refractivity contribution in [3.63, 3.8) is 0 Å². The van der Waals surface area contributed by atoms with Crippen LogP contribution in [0.4, 0.5) is 0 Å². The van der Waals surface area contributed by atoms with Gasteiger partial charge in [-0.25, -0.2) is 0 Å². The van der Waals surface area contributed by atoms with E-state index in [-0.39, 0.29) is 30.7 Å². The van der Waals surface area contributed by atoms with E-state index in [2.05, 4.69) is 25.7 Å². The van der Waals surface area contributed by atoms with E-state index < -0.39 is 0 Å². The molecule has 0 bridgehead atoms. The van der Waals surface area contributed by atoms with E-state index in [4.69, 9.17) is 10.2 Å². The Bertz CT molecular complexity index is 144. The topological polar surface area (TPSA) is 43.7 Å².